The normalized spacial score (nSPS) is 16.6. The lowest BCUT2D eigenvalue weighted by Gasteiger charge is -2.24. The summed E-state index contributed by atoms with van der Waals surface area (Å²) in [5.74, 6) is 1.59. The fourth-order valence-corrected chi connectivity index (χ4v) is 3.27. The summed E-state index contributed by atoms with van der Waals surface area (Å²) >= 11 is 0. The molecular weight excluding hydrogens is 318 g/mol. The molecule has 4 rings (SSSR count). The molecule has 0 radical (unpaired) electrons. The summed E-state index contributed by atoms with van der Waals surface area (Å²) in [5.41, 5.74) is 0.488. The molecule has 1 aliphatic rings. The van der Waals surface area contributed by atoms with Gasteiger partial charge < -0.3 is 14.9 Å². The molecule has 0 aliphatic carbocycles. The second kappa shape index (κ2) is 6.51. The summed E-state index contributed by atoms with van der Waals surface area (Å²) in [7, 11) is 0. The monoisotopic (exact) mass is 337 g/mol. The lowest BCUT2D eigenvalue weighted by atomic mass is 10.1. The van der Waals surface area contributed by atoms with Gasteiger partial charge in [-0.2, -0.15) is 0 Å². The van der Waals surface area contributed by atoms with Gasteiger partial charge in [0.15, 0.2) is 0 Å². The molecule has 0 saturated carbocycles. The van der Waals surface area contributed by atoms with E-state index >= 15 is 0 Å². The molecule has 1 aliphatic heterocycles. The first-order valence-electron chi connectivity index (χ1n) is 8.46. The Hall–Kier alpha value is -2.96. The molecule has 7 heteroatoms. The Morgan fingerprint density at radius 2 is 2.24 bits per heavy atom. The zero-order valence-corrected chi connectivity index (χ0v) is 13.7. The van der Waals surface area contributed by atoms with Gasteiger partial charge in [0.2, 0.25) is 5.91 Å². The summed E-state index contributed by atoms with van der Waals surface area (Å²) in [4.78, 5) is 35.8. The van der Waals surface area contributed by atoms with Gasteiger partial charge in [-0.25, -0.2) is 9.97 Å². The molecule has 1 atom stereocenters. The van der Waals surface area contributed by atoms with Crippen LogP contribution in [0, 0.1) is 0 Å². The van der Waals surface area contributed by atoms with Crippen molar-refractivity contribution in [2.45, 2.75) is 38.3 Å². The van der Waals surface area contributed by atoms with Crippen LogP contribution in [-0.2, 0) is 24.2 Å². The Balaban J connectivity index is 1.37. The Kier molecular flexibility index (Phi) is 4.05. The van der Waals surface area contributed by atoms with E-state index in [0.717, 1.165) is 25.2 Å². The minimum Gasteiger partial charge on any atom is -0.352 e. The number of para-hydroxylation sites is 1. The fourth-order valence-electron chi connectivity index (χ4n) is 3.27. The molecule has 3 aromatic rings. The molecule has 25 heavy (non-hydrogen) atoms. The topological polar surface area (TPSA) is 92.7 Å². The van der Waals surface area contributed by atoms with Crippen molar-refractivity contribution in [2.75, 3.05) is 0 Å². The van der Waals surface area contributed by atoms with Crippen molar-refractivity contribution < 1.29 is 4.79 Å². The number of H-pyrrole nitrogens is 1. The smallest absolute Gasteiger partial charge is 0.258 e. The molecule has 128 valence electrons. The number of rotatable bonds is 4. The first kappa shape index (κ1) is 15.6. The van der Waals surface area contributed by atoms with Crippen molar-refractivity contribution in [3.8, 4) is 0 Å². The highest BCUT2D eigenvalue weighted by molar-refractivity contribution is 5.78. The average Bonchev–Trinajstić information content (AvgIpc) is 3.08. The van der Waals surface area contributed by atoms with Gasteiger partial charge in [-0.15, -0.1) is 0 Å². The molecule has 0 bridgehead atoms. The first-order valence-corrected chi connectivity index (χ1v) is 8.46. The summed E-state index contributed by atoms with van der Waals surface area (Å²) in [5, 5.41) is 3.63. The minimum absolute atomic E-state index is 0.0237. The molecular formula is C18H19N5O2. The maximum atomic E-state index is 12.2. The third-order valence-corrected chi connectivity index (χ3v) is 4.55. The number of hydrogen-bond donors (Lipinski definition) is 2. The van der Waals surface area contributed by atoms with E-state index in [9.17, 15) is 9.59 Å². The number of imidazole rings is 1. The molecule has 0 fully saturated rings. The van der Waals surface area contributed by atoms with Gasteiger partial charge in [0, 0.05) is 44.2 Å². The second-order valence-electron chi connectivity index (χ2n) is 6.33. The molecule has 0 spiro atoms. The number of fused-ring (bicyclic) bond motifs is 2. The highest BCUT2D eigenvalue weighted by Crippen LogP contribution is 2.13. The van der Waals surface area contributed by atoms with Crippen molar-refractivity contribution in [2.24, 2.45) is 0 Å². The number of amides is 1. The third kappa shape index (κ3) is 3.31. The molecule has 0 saturated heterocycles. The van der Waals surface area contributed by atoms with Crippen LogP contribution >= 0.6 is 0 Å². The number of aromatic nitrogens is 4. The number of benzene rings is 1. The first-order chi connectivity index (χ1) is 12.2. The minimum atomic E-state index is -0.166. The molecule has 1 aromatic carbocycles. The van der Waals surface area contributed by atoms with Crippen molar-refractivity contribution >= 4 is 16.8 Å². The number of aryl methyl sites for hydroxylation is 2. The Bertz CT molecular complexity index is 975. The van der Waals surface area contributed by atoms with E-state index in [4.69, 9.17) is 0 Å². The maximum absolute atomic E-state index is 12.2. The zero-order valence-electron chi connectivity index (χ0n) is 13.7. The van der Waals surface area contributed by atoms with E-state index in [2.05, 4.69) is 24.8 Å². The zero-order chi connectivity index (χ0) is 17.2. The Morgan fingerprint density at radius 3 is 3.16 bits per heavy atom. The van der Waals surface area contributed by atoms with Crippen LogP contribution in [0.4, 0.5) is 0 Å². The quantitative estimate of drug-likeness (QED) is 0.748. The van der Waals surface area contributed by atoms with E-state index in [0.29, 0.717) is 29.6 Å². The standard InChI is InChI=1S/C18H19N5O2/c24-17(20-12-5-7-16-19-9-10-23(16)11-12)8-6-15-21-14-4-2-1-3-13(14)18(25)22-15/h1-4,9-10,12H,5-8,11H2,(H,20,24)(H,21,22,25)/t12-/m1/s1. The van der Waals surface area contributed by atoms with Gasteiger partial charge in [0.25, 0.3) is 5.56 Å². The summed E-state index contributed by atoms with van der Waals surface area (Å²) < 4.78 is 2.08. The van der Waals surface area contributed by atoms with E-state index in [1.165, 1.54) is 0 Å². The van der Waals surface area contributed by atoms with Gasteiger partial charge >= 0.3 is 0 Å². The summed E-state index contributed by atoms with van der Waals surface area (Å²) in [6, 6.07) is 7.32. The van der Waals surface area contributed by atoms with E-state index in [-0.39, 0.29) is 17.5 Å². The van der Waals surface area contributed by atoms with Gasteiger partial charge in [-0.05, 0) is 18.6 Å². The maximum Gasteiger partial charge on any atom is 0.258 e. The largest absolute Gasteiger partial charge is 0.352 e. The number of nitrogens with one attached hydrogen (secondary N) is 2. The van der Waals surface area contributed by atoms with Crippen LogP contribution < -0.4 is 10.9 Å². The van der Waals surface area contributed by atoms with Crippen LogP contribution in [0.25, 0.3) is 10.9 Å². The fraction of sp³-hybridized carbons (Fsp3) is 0.333. The average molecular weight is 337 g/mol. The highest BCUT2D eigenvalue weighted by atomic mass is 16.1. The predicted octanol–water partition coefficient (Wildman–Crippen LogP) is 1.18. The van der Waals surface area contributed by atoms with Crippen molar-refractivity contribution in [3.63, 3.8) is 0 Å². The number of hydrogen-bond acceptors (Lipinski definition) is 4. The molecule has 3 heterocycles. The van der Waals surface area contributed by atoms with Gasteiger partial charge in [-0.1, -0.05) is 12.1 Å². The second-order valence-corrected chi connectivity index (χ2v) is 6.33. The van der Waals surface area contributed by atoms with Gasteiger partial charge in [0.1, 0.15) is 11.6 Å². The van der Waals surface area contributed by atoms with Crippen LogP contribution in [0.2, 0.25) is 0 Å². The number of aromatic amines is 1. The van der Waals surface area contributed by atoms with Crippen LogP contribution in [0.1, 0.15) is 24.5 Å². The number of carbonyl (C=O) groups excluding carboxylic acids is 1. The molecule has 2 N–H and O–H groups in total. The molecule has 1 amide bonds. The van der Waals surface area contributed by atoms with Crippen LogP contribution in [0.3, 0.4) is 0 Å². The SMILES string of the molecule is O=C(CCc1nc2ccccc2c(=O)[nH]1)N[C@@H]1CCc2nccn2C1. The lowest BCUT2D eigenvalue weighted by Crippen LogP contribution is -2.41. The van der Waals surface area contributed by atoms with E-state index < -0.39 is 0 Å². The lowest BCUT2D eigenvalue weighted by molar-refractivity contribution is -0.122. The molecule has 2 aromatic heterocycles. The molecule has 7 nitrogen and oxygen atoms in total. The highest BCUT2D eigenvalue weighted by Gasteiger charge is 2.20. The van der Waals surface area contributed by atoms with Gasteiger partial charge in [-0.3, -0.25) is 9.59 Å². The van der Waals surface area contributed by atoms with Crippen LogP contribution in [0.5, 0.6) is 0 Å². The van der Waals surface area contributed by atoms with Crippen LogP contribution in [-0.4, -0.2) is 31.5 Å². The summed E-state index contributed by atoms with van der Waals surface area (Å²) in [6.45, 7) is 0.756. The number of nitrogens with zero attached hydrogens (tertiary/aromatic N) is 3. The Morgan fingerprint density at radius 1 is 1.36 bits per heavy atom. The number of carbonyl (C=O) groups is 1. The van der Waals surface area contributed by atoms with Gasteiger partial charge in [0.05, 0.1) is 10.9 Å². The predicted molar refractivity (Wildman–Crippen MR) is 93.2 cm³/mol. The van der Waals surface area contributed by atoms with Crippen molar-refractivity contribution in [1.29, 1.82) is 0 Å². The Labute approximate surface area is 144 Å². The van der Waals surface area contributed by atoms with E-state index in [1.807, 2.05) is 18.3 Å². The third-order valence-electron chi connectivity index (χ3n) is 4.55. The van der Waals surface area contributed by atoms with Crippen molar-refractivity contribution in [3.05, 3.63) is 58.7 Å². The molecule has 0 unspecified atom stereocenters. The van der Waals surface area contributed by atoms with Crippen molar-refractivity contribution in [1.82, 2.24) is 24.8 Å². The van der Waals surface area contributed by atoms with Crippen LogP contribution in [0.15, 0.2) is 41.5 Å². The summed E-state index contributed by atoms with van der Waals surface area (Å²) in [6.07, 6.45) is 6.22. The van der Waals surface area contributed by atoms with E-state index in [1.54, 1.807) is 18.3 Å².